The van der Waals surface area contributed by atoms with Crippen LogP contribution in [0.3, 0.4) is 0 Å². The molecular weight excluding hydrogens is 456 g/mol. The number of hydrogen-bond donors (Lipinski definition) is 4. The van der Waals surface area contributed by atoms with Crippen LogP contribution in [-0.4, -0.2) is 96.0 Å². The number of aromatic nitrogens is 4. The molecule has 12 heteroatoms. The van der Waals surface area contributed by atoms with E-state index in [1.807, 2.05) is 20.8 Å². The van der Waals surface area contributed by atoms with Gasteiger partial charge in [0.25, 0.3) is 0 Å². The van der Waals surface area contributed by atoms with Crippen molar-refractivity contribution in [3.8, 4) is 0 Å². The SMILES string of the molecule is CC(C)(C)OC(=O)N1CCC(CCCNc2ncnc3c2ncn3C2OC(CO)C(O)C2O)CC1. The zero-order valence-electron chi connectivity index (χ0n) is 20.5. The van der Waals surface area contributed by atoms with Crippen LogP contribution >= 0.6 is 0 Å². The summed E-state index contributed by atoms with van der Waals surface area (Å²) in [4.78, 5) is 27.0. The van der Waals surface area contributed by atoms with Gasteiger partial charge in [-0.15, -0.1) is 0 Å². The Labute approximate surface area is 204 Å². The van der Waals surface area contributed by atoms with E-state index in [4.69, 9.17) is 9.47 Å². The standard InChI is InChI=1S/C23H36N6O6/c1-23(2,3)35-22(33)28-9-6-14(7-10-28)5-4-8-24-19-16-20(26-12-25-19)29(13-27-16)21-18(32)17(31)15(11-30)34-21/h12-15,17-18,21,30-32H,4-11H2,1-3H3,(H,24,25,26). The van der Waals surface area contributed by atoms with Gasteiger partial charge in [0.05, 0.1) is 12.9 Å². The number of amides is 1. The van der Waals surface area contributed by atoms with Crippen LogP contribution in [0.1, 0.15) is 52.7 Å². The molecule has 4 heterocycles. The number of nitrogens with one attached hydrogen (secondary N) is 1. The number of fused-ring (bicyclic) bond motifs is 1. The number of piperidine rings is 1. The number of anilines is 1. The lowest BCUT2D eigenvalue weighted by atomic mass is 9.92. The Morgan fingerprint density at radius 3 is 2.60 bits per heavy atom. The van der Waals surface area contributed by atoms with Crippen LogP contribution in [0.5, 0.6) is 0 Å². The molecular formula is C23H36N6O6. The first-order valence-electron chi connectivity index (χ1n) is 12.2. The molecule has 0 aromatic carbocycles. The fourth-order valence-electron chi connectivity index (χ4n) is 4.61. The minimum Gasteiger partial charge on any atom is -0.444 e. The van der Waals surface area contributed by atoms with Crippen molar-refractivity contribution in [1.82, 2.24) is 24.4 Å². The Kier molecular flexibility index (Phi) is 7.74. The molecule has 0 saturated carbocycles. The predicted octanol–water partition coefficient (Wildman–Crippen LogP) is 1.28. The van der Waals surface area contributed by atoms with Crippen LogP contribution in [0.4, 0.5) is 10.6 Å². The monoisotopic (exact) mass is 492 g/mol. The van der Waals surface area contributed by atoms with Gasteiger partial charge < -0.3 is 35.0 Å². The molecule has 2 aromatic heterocycles. The third-order valence-electron chi connectivity index (χ3n) is 6.50. The maximum Gasteiger partial charge on any atom is 0.410 e. The van der Waals surface area contributed by atoms with E-state index in [0.717, 1.165) is 38.8 Å². The first kappa shape index (κ1) is 25.5. The summed E-state index contributed by atoms with van der Waals surface area (Å²) in [6.07, 6.45) is 2.40. The van der Waals surface area contributed by atoms with E-state index in [1.165, 1.54) is 12.7 Å². The number of aliphatic hydroxyl groups is 3. The van der Waals surface area contributed by atoms with Crippen LogP contribution in [0.15, 0.2) is 12.7 Å². The molecule has 2 aliphatic heterocycles. The van der Waals surface area contributed by atoms with Crippen LogP contribution in [-0.2, 0) is 9.47 Å². The van der Waals surface area contributed by atoms with Crippen LogP contribution in [0.25, 0.3) is 11.2 Å². The number of hydrogen-bond acceptors (Lipinski definition) is 10. The van der Waals surface area contributed by atoms with Gasteiger partial charge in [-0.2, -0.15) is 0 Å². The van der Waals surface area contributed by atoms with Gasteiger partial charge in [-0.05, 0) is 52.4 Å². The third-order valence-corrected chi connectivity index (χ3v) is 6.50. The summed E-state index contributed by atoms with van der Waals surface area (Å²) in [5.74, 6) is 1.15. The highest BCUT2D eigenvalue weighted by atomic mass is 16.6. The highest BCUT2D eigenvalue weighted by Gasteiger charge is 2.44. The van der Waals surface area contributed by atoms with E-state index in [9.17, 15) is 20.1 Å². The zero-order valence-corrected chi connectivity index (χ0v) is 20.5. The lowest BCUT2D eigenvalue weighted by Gasteiger charge is -2.33. The first-order chi connectivity index (χ1) is 16.7. The number of ether oxygens (including phenoxy) is 2. The molecule has 12 nitrogen and oxygen atoms in total. The molecule has 0 aliphatic carbocycles. The second-order valence-electron chi connectivity index (χ2n) is 10.3. The van der Waals surface area contributed by atoms with Gasteiger partial charge in [0.15, 0.2) is 23.2 Å². The van der Waals surface area contributed by atoms with Crippen LogP contribution in [0, 0.1) is 5.92 Å². The Bertz CT molecular complexity index is 1000. The summed E-state index contributed by atoms with van der Waals surface area (Å²) < 4.78 is 12.6. The second kappa shape index (κ2) is 10.6. The van der Waals surface area contributed by atoms with Crippen molar-refractivity contribution >= 4 is 23.1 Å². The minimum absolute atomic E-state index is 0.234. The molecule has 4 rings (SSSR count). The quantitative estimate of drug-likeness (QED) is 0.415. The first-order valence-corrected chi connectivity index (χ1v) is 12.2. The largest absolute Gasteiger partial charge is 0.444 e. The number of rotatable bonds is 7. The average Bonchev–Trinajstić information content (AvgIpc) is 3.37. The van der Waals surface area contributed by atoms with Gasteiger partial charge in [0.1, 0.15) is 30.2 Å². The van der Waals surface area contributed by atoms with Gasteiger partial charge in [-0.25, -0.2) is 19.7 Å². The Hall–Kier alpha value is -2.54. The molecule has 4 unspecified atom stereocenters. The van der Waals surface area contributed by atoms with Crippen molar-refractivity contribution in [3.63, 3.8) is 0 Å². The zero-order chi connectivity index (χ0) is 25.2. The van der Waals surface area contributed by atoms with Crippen molar-refractivity contribution in [3.05, 3.63) is 12.7 Å². The Balaban J connectivity index is 1.27. The maximum absolute atomic E-state index is 12.2. The lowest BCUT2D eigenvalue weighted by Crippen LogP contribution is -2.41. The summed E-state index contributed by atoms with van der Waals surface area (Å²) in [5.41, 5.74) is 0.525. The van der Waals surface area contributed by atoms with Crippen molar-refractivity contribution in [2.75, 3.05) is 31.6 Å². The summed E-state index contributed by atoms with van der Waals surface area (Å²) >= 11 is 0. The number of nitrogens with zero attached hydrogens (tertiary/aromatic N) is 5. The molecule has 194 valence electrons. The molecule has 4 N–H and O–H groups in total. The number of carbonyl (C=O) groups is 1. The smallest absolute Gasteiger partial charge is 0.410 e. The number of aliphatic hydroxyl groups excluding tert-OH is 3. The second-order valence-corrected chi connectivity index (χ2v) is 10.3. The number of carbonyl (C=O) groups excluding carboxylic acids is 1. The Morgan fingerprint density at radius 2 is 1.94 bits per heavy atom. The normalized spacial score (nSPS) is 25.8. The molecule has 0 spiro atoms. The summed E-state index contributed by atoms with van der Waals surface area (Å²) in [7, 11) is 0. The molecule has 1 amide bonds. The average molecular weight is 493 g/mol. The van der Waals surface area contributed by atoms with E-state index in [2.05, 4.69) is 20.3 Å². The fraction of sp³-hybridized carbons (Fsp3) is 0.739. The molecule has 0 bridgehead atoms. The van der Waals surface area contributed by atoms with Gasteiger partial charge in [0, 0.05) is 19.6 Å². The molecule has 2 aromatic rings. The van der Waals surface area contributed by atoms with E-state index >= 15 is 0 Å². The predicted molar refractivity (Wildman–Crippen MR) is 127 cm³/mol. The molecule has 4 atom stereocenters. The topological polar surface area (TPSA) is 155 Å². The third kappa shape index (κ3) is 5.83. The van der Waals surface area contributed by atoms with Gasteiger partial charge in [-0.1, -0.05) is 0 Å². The van der Waals surface area contributed by atoms with Gasteiger partial charge >= 0.3 is 6.09 Å². The number of imidazole rings is 1. The van der Waals surface area contributed by atoms with Crippen LogP contribution in [0.2, 0.25) is 0 Å². The number of likely N-dealkylation sites (tertiary alicyclic amines) is 1. The summed E-state index contributed by atoms with van der Waals surface area (Å²) in [5, 5.41) is 33.0. The minimum atomic E-state index is -1.21. The van der Waals surface area contributed by atoms with Crippen molar-refractivity contribution in [2.45, 2.75) is 76.6 Å². The molecule has 2 fully saturated rings. The maximum atomic E-state index is 12.2. The van der Waals surface area contributed by atoms with Crippen molar-refractivity contribution in [2.24, 2.45) is 5.92 Å². The molecule has 2 saturated heterocycles. The molecule has 2 aliphatic rings. The highest BCUT2D eigenvalue weighted by molar-refractivity contribution is 5.82. The Morgan fingerprint density at radius 1 is 1.20 bits per heavy atom. The van der Waals surface area contributed by atoms with Crippen molar-refractivity contribution in [1.29, 1.82) is 0 Å². The van der Waals surface area contributed by atoms with Crippen molar-refractivity contribution < 1.29 is 29.6 Å². The van der Waals surface area contributed by atoms with E-state index < -0.39 is 36.7 Å². The van der Waals surface area contributed by atoms with Crippen LogP contribution < -0.4 is 5.32 Å². The van der Waals surface area contributed by atoms with E-state index in [-0.39, 0.29) is 6.09 Å². The van der Waals surface area contributed by atoms with Gasteiger partial charge in [0.2, 0.25) is 0 Å². The van der Waals surface area contributed by atoms with E-state index in [0.29, 0.717) is 29.4 Å². The lowest BCUT2D eigenvalue weighted by molar-refractivity contribution is -0.0511. The highest BCUT2D eigenvalue weighted by Crippen LogP contribution is 2.32. The summed E-state index contributed by atoms with van der Waals surface area (Å²) in [6.45, 7) is 7.38. The molecule has 35 heavy (non-hydrogen) atoms. The van der Waals surface area contributed by atoms with E-state index in [1.54, 1.807) is 9.47 Å². The molecule has 0 radical (unpaired) electrons. The summed E-state index contributed by atoms with van der Waals surface area (Å²) in [6, 6.07) is 0. The fourth-order valence-corrected chi connectivity index (χ4v) is 4.61. The van der Waals surface area contributed by atoms with Gasteiger partial charge in [-0.3, -0.25) is 4.57 Å².